The Morgan fingerprint density at radius 1 is 1.07 bits per heavy atom. The number of aryl methyl sites for hydroxylation is 1. The Morgan fingerprint density at radius 3 is 2.30 bits per heavy atom. The maximum atomic E-state index is 12.7. The van der Waals surface area contributed by atoms with E-state index >= 15 is 0 Å². The van der Waals surface area contributed by atoms with Gasteiger partial charge in [0.2, 0.25) is 0 Å². The number of alkyl halides is 3. The van der Waals surface area contributed by atoms with E-state index in [0.29, 0.717) is 30.0 Å². The third-order valence-corrected chi connectivity index (χ3v) is 4.38. The summed E-state index contributed by atoms with van der Waals surface area (Å²) in [5.74, 6) is 0.681. The molecule has 0 spiro atoms. The van der Waals surface area contributed by atoms with Gasteiger partial charge in [-0.1, -0.05) is 24.3 Å². The molecule has 1 N–H and O–H groups in total. The molecule has 0 unspecified atom stereocenters. The van der Waals surface area contributed by atoms with Crippen molar-refractivity contribution >= 4 is 5.91 Å². The van der Waals surface area contributed by atoms with Crippen LogP contribution in [-0.2, 0) is 12.7 Å². The molecule has 2 aromatic carbocycles. The molecule has 3 rings (SSSR count). The van der Waals surface area contributed by atoms with Crippen molar-refractivity contribution in [2.24, 2.45) is 0 Å². The molecular weight excluding hydrogens is 395 g/mol. The van der Waals surface area contributed by atoms with E-state index < -0.39 is 11.7 Å². The van der Waals surface area contributed by atoms with Crippen LogP contribution >= 0.6 is 0 Å². The van der Waals surface area contributed by atoms with Gasteiger partial charge in [-0.25, -0.2) is 9.97 Å². The Labute approximate surface area is 171 Å². The van der Waals surface area contributed by atoms with Gasteiger partial charge in [0.25, 0.3) is 5.91 Å². The van der Waals surface area contributed by atoms with E-state index in [1.165, 1.54) is 18.3 Å². The maximum Gasteiger partial charge on any atom is 0.416 e. The summed E-state index contributed by atoms with van der Waals surface area (Å²) in [4.78, 5) is 20.9. The van der Waals surface area contributed by atoms with E-state index in [9.17, 15) is 18.0 Å². The predicted molar refractivity (Wildman–Crippen MR) is 106 cm³/mol. The van der Waals surface area contributed by atoms with E-state index in [-0.39, 0.29) is 11.7 Å². The quantitative estimate of drug-likeness (QED) is 0.628. The van der Waals surface area contributed by atoms with Gasteiger partial charge in [-0.05, 0) is 43.7 Å². The number of carbonyl (C=O) groups is 1. The first kappa shape index (κ1) is 21.3. The van der Waals surface area contributed by atoms with Crippen molar-refractivity contribution in [3.63, 3.8) is 0 Å². The molecule has 0 bridgehead atoms. The third kappa shape index (κ3) is 5.14. The van der Waals surface area contributed by atoms with E-state index in [1.54, 1.807) is 6.92 Å². The number of benzene rings is 2. The summed E-state index contributed by atoms with van der Waals surface area (Å²) in [5, 5.41) is 2.81. The lowest BCUT2D eigenvalue weighted by Crippen LogP contribution is -2.24. The summed E-state index contributed by atoms with van der Waals surface area (Å²) in [6.07, 6.45) is -3.02. The largest absolute Gasteiger partial charge is 0.494 e. The molecule has 5 nitrogen and oxygen atoms in total. The van der Waals surface area contributed by atoms with Gasteiger partial charge in [-0.2, -0.15) is 13.2 Å². The second kappa shape index (κ2) is 8.94. The molecular formula is C22H20F3N3O2. The Morgan fingerprint density at radius 2 is 1.73 bits per heavy atom. The van der Waals surface area contributed by atoms with E-state index in [4.69, 9.17) is 4.74 Å². The summed E-state index contributed by atoms with van der Waals surface area (Å²) in [6.45, 7) is 4.46. The number of hydrogen-bond donors (Lipinski definition) is 1. The molecule has 30 heavy (non-hydrogen) atoms. The number of halogens is 3. The zero-order chi connectivity index (χ0) is 21.7. The normalized spacial score (nSPS) is 11.2. The summed E-state index contributed by atoms with van der Waals surface area (Å²) in [5.41, 5.74) is 1.34. The third-order valence-electron chi connectivity index (χ3n) is 4.38. The smallest absolute Gasteiger partial charge is 0.416 e. The van der Waals surface area contributed by atoms with Gasteiger partial charge < -0.3 is 10.1 Å². The van der Waals surface area contributed by atoms with E-state index in [1.807, 2.05) is 31.2 Å². The van der Waals surface area contributed by atoms with Crippen LogP contribution in [0.1, 0.15) is 34.1 Å². The number of amides is 1. The van der Waals surface area contributed by atoms with Crippen LogP contribution in [0.25, 0.3) is 11.4 Å². The minimum absolute atomic E-state index is 0.254. The van der Waals surface area contributed by atoms with Crippen molar-refractivity contribution in [1.29, 1.82) is 0 Å². The number of carbonyl (C=O) groups excluding carboxylic acids is 1. The molecule has 0 saturated carbocycles. The van der Waals surface area contributed by atoms with Crippen molar-refractivity contribution in [1.82, 2.24) is 15.3 Å². The molecule has 0 aliphatic rings. The minimum Gasteiger partial charge on any atom is -0.494 e. The second-order valence-corrected chi connectivity index (χ2v) is 6.53. The van der Waals surface area contributed by atoms with Crippen LogP contribution in [-0.4, -0.2) is 22.5 Å². The fourth-order valence-electron chi connectivity index (χ4n) is 2.79. The molecule has 0 radical (unpaired) electrons. The summed E-state index contributed by atoms with van der Waals surface area (Å²) >= 11 is 0. The molecule has 0 aliphatic carbocycles. The van der Waals surface area contributed by atoms with Crippen LogP contribution in [0, 0.1) is 6.92 Å². The van der Waals surface area contributed by atoms with Crippen molar-refractivity contribution in [2.45, 2.75) is 26.6 Å². The van der Waals surface area contributed by atoms with Crippen LogP contribution in [0.3, 0.4) is 0 Å². The second-order valence-electron chi connectivity index (χ2n) is 6.53. The van der Waals surface area contributed by atoms with Crippen LogP contribution in [0.5, 0.6) is 5.75 Å². The van der Waals surface area contributed by atoms with Crippen LogP contribution in [0.15, 0.2) is 54.7 Å². The number of rotatable bonds is 6. The molecule has 0 aliphatic heterocycles. The van der Waals surface area contributed by atoms with Gasteiger partial charge in [0.15, 0.2) is 5.82 Å². The SMILES string of the molecule is CCOc1ccc(CNC(=O)c2cnc(-c3ccc(C(F)(F)F)cc3)nc2C)cc1. The number of nitrogens with one attached hydrogen (secondary N) is 1. The van der Waals surface area contributed by atoms with E-state index in [2.05, 4.69) is 15.3 Å². The van der Waals surface area contributed by atoms with Crippen molar-refractivity contribution < 1.29 is 22.7 Å². The lowest BCUT2D eigenvalue weighted by molar-refractivity contribution is -0.137. The number of nitrogens with zero attached hydrogens (tertiary/aromatic N) is 2. The molecule has 1 heterocycles. The van der Waals surface area contributed by atoms with E-state index in [0.717, 1.165) is 23.4 Å². The lowest BCUT2D eigenvalue weighted by Gasteiger charge is -2.10. The van der Waals surface area contributed by atoms with Gasteiger partial charge in [0, 0.05) is 18.3 Å². The number of aromatic nitrogens is 2. The Bertz CT molecular complexity index is 1020. The Balaban J connectivity index is 1.67. The molecule has 8 heteroatoms. The first-order valence-corrected chi connectivity index (χ1v) is 9.29. The highest BCUT2D eigenvalue weighted by molar-refractivity contribution is 5.95. The topological polar surface area (TPSA) is 64.1 Å². The standard InChI is InChI=1S/C22H20F3N3O2/c1-3-30-18-10-4-15(5-11-18)12-27-21(29)19-13-26-20(28-14(19)2)16-6-8-17(9-7-16)22(23,24)25/h4-11,13H,3,12H2,1-2H3,(H,27,29). The Kier molecular flexibility index (Phi) is 6.34. The summed E-state index contributed by atoms with van der Waals surface area (Å²) in [7, 11) is 0. The molecule has 0 atom stereocenters. The van der Waals surface area contributed by atoms with Crippen LogP contribution < -0.4 is 10.1 Å². The highest BCUT2D eigenvalue weighted by Crippen LogP contribution is 2.30. The molecule has 156 valence electrons. The van der Waals surface area contributed by atoms with Crippen molar-refractivity contribution in [3.8, 4) is 17.1 Å². The first-order chi connectivity index (χ1) is 14.3. The highest BCUT2D eigenvalue weighted by atomic mass is 19.4. The van der Waals surface area contributed by atoms with Gasteiger partial charge in [-0.15, -0.1) is 0 Å². The Hall–Kier alpha value is -3.42. The lowest BCUT2D eigenvalue weighted by atomic mass is 10.1. The van der Waals surface area contributed by atoms with Crippen molar-refractivity contribution in [2.75, 3.05) is 6.61 Å². The highest BCUT2D eigenvalue weighted by Gasteiger charge is 2.30. The van der Waals surface area contributed by atoms with Crippen molar-refractivity contribution in [3.05, 3.63) is 77.1 Å². The molecule has 0 saturated heterocycles. The number of hydrogen-bond acceptors (Lipinski definition) is 4. The fraction of sp³-hybridized carbons (Fsp3) is 0.227. The zero-order valence-electron chi connectivity index (χ0n) is 16.5. The number of ether oxygens (including phenoxy) is 1. The summed E-state index contributed by atoms with van der Waals surface area (Å²) in [6, 6.07) is 12.0. The van der Waals surface area contributed by atoms with Crippen LogP contribution in [0.4, 0.5) is 13.2 Å². The average Bonchev–Trinajstić information content (AvgIpc) is 2.72. The summed E-state index contributed by atoms with van der Waals surface area (Å²) < 4.78 is 43.5. The van der Waals surface area contributed by atoms with Crippen LogP contribution in [0.2, 0.25) is 0 Å². The van der Waals surface area contributed by atoms with Gasteiger partial charge in [0.05, 0.1) is 23.4 Å². The molecule has 3 aromatic rings. The maximum absolute atomic E-state index is 12.7. The molecule has 1 amide bonds. The molecule has 0 fully saturated rings. The van der Waals surface area contributed by atoms with Gasteiger partial charge >= 0.3 is 6.18 Å². The fourth-order valence-corrected chi connectivity index (χ4v) is 2.79. The zero-order valence-corrected chi connectivity index (χ0v) is 16.5. The molecule has 1 aromatic heterocycles. The van der Waals surface area contributed by atoms with Gasteiger partial charge in [0.1, 0.15) is 5.75 Å². The first-order valence-electron chi connectivity index (χ1n) is 9.29. The van der Waals surface area contributed by atoms with Gasteiger partial charge in [-0.3, -0.25) is 4.79 Å². The monoisotopic (exact) mass is 415 g/mol. The minimum atomic E-state index is -4.40. The average molecular weight is 415 g/mol. The predicted octanol–water partition coefficient (Wildman–Crippen LogP) is 4.80.